The molecule has 3 N–H and O–H groups in total. The number of amides is 1. The van der Waals surface area contributed by atoms with E-state index in [-0.39, 0.29) is 17.9 Å². The first-order valence-corrected chi connectivity index (χ1v) is 16.2. The molecule has 2 heterocycles. The first-order chi connectivity index (χ1) is 22.3. The Morgan fingerprint density at radius 3 is 2.19 bits per heavy atom. The second-order valence-corrected chi connectivity index (χ2v) is 12.7. The van der Waals surface area contributed by atoms with Crippen LogP contribution >= 0.6 is 23.2 Å². The molecule has 47 heavy (non-hydrogen) atoms. The molecule has 0 unspecified atom stereocenters. The van der Waals surface area contributed by atoms with Crippen molar-refractivity contribution in [1.29, 1.82) is 5.26 Å². The van der Waals surface area contributed by atoms with Crippen LogP contribution in [0.25, 0.3) is 10.8 Å². The Morgan fingerprint density at radius 1 is 0.979 bits per heavy atom. The van der Waals surface area contributed by atoms with Gasteiger partial charge in [0.2, 0.25) is 0 Å². The Labute approximate surface area is 285 Å². The number of piperidine rings is 1. The SMILES string of the molecule is CC(=O)O.CC(=O)O.CN(C[C@@H](CCN1CC(N2CCC(O)CC2)C1)c1ccc(Cl)c(Cl)c1)C(=O)c1cc(C#N)cc2ccccc12. The summed E-state index contributed by atoms with van der Waals surface area (Å²) >= 11 is 12.6. The van der Waals surface area contributed by atoms with Gasteiger partial charge in [0.25, 0.3) is 17.8 Å². The van der Waals surface area contributed by atoms with Crippen molar-refractivity contribution in [2.45, 2.75) is 51.2 Å². The zero-order valence-electron chi connectivity index (χ0n) is 26.9. The molecule has 3 aromatic carbocycles. The summed E-state index contributed by atoms with van der Waals surface area (Å²) < 4.78 is 0. The van der Waals surface area contributed by atoms with E-state index >= 15 is 0 Å². The topological polar surface area (TPSA) is 145 Å². The molecular weight excluding hydrogens is 643 g/mol. The molecule has 2 saturated heterocycles. The van der Waals surface area contributed by atoms with Crippen LogP contribution in [0.15, 0.2) is 54.6 Å². The van der Waals surface area contributed by atoms with Gasteiger partial charge in [-0.2, -0.15) is 5.26 Å². The van der Waals surface area contributed by atoms with Gasteiger partial charge in [0.05, 0.1) is 27.8 Å². The van der Waals surface area contributed by atoms with E-state index in [1.807, 2.05) is 55.6 Å². The van der Waals surface area contributed by atoms with Gasteiger partial charge in [0, 0.05) is 71.1 Å². The molecule has 1 atom stereocenters. The van der Waals surface area contributed by atoms with Gasteiger partial charge in [0.1, 0.15) is 0 Å². The van der Waals surface area contributed by atoms with Crippen LogP contribution in [0.5, 0.6) is 0 Å². The van der Waals surface area contributed by atoms with Gasteiger partial charge in [0.15, 0.2) is 0 Å². The van der Waals surface area contributed by atoms with Gasteiger partial charge in [-0.25, -0.2) is 0 Å². The Kier molecular flexibility index (Phi) is 14.4. The normalized spacial score (nSPS) is 16.0. The highest BCUT2D eigenvalue weighted by Gasteiger charge is 2.34. The van der Waals surface area contributed by atoms with Gasteiger partial charge in [-0.3, -0.25) is 19.3 Å². The van der Waals surface area contributed by atoms with E-state index in [9.17, 15) is 15.2 Å². The fourth-order valence-electron chi connectivity index (χ4n) is 5.85. The monoisotopic (exact) mass is 684 g/mol. The average Bonchev–Trinajstić information content (AvgIpc) is 3.00. The number of likely N-dealkylation sites (N-methyl/N-ethyl adjacent to an activating group) is 1. The van der Waals surface area contributed by atoms with Crippen molar-refractivity contribution >= 4 is 51.8 Å². The van der Waals surface area contributed by atoms with Crippen LogP contribution in [0, 0.1) is 11.3 Å². The fraction of sp³-hybridized carbons (Fsp3) is 0.429. The summed E-state index contributed by atoms with van der Waals surface area (Å²) in [6, 6.07) is 19.7. The number of aliphatic hydroxyl groups excluding tert-OH is 1. The van der Waals surface area contributed by atoms with Crippen molar-refractivity contribution in [2.75, 3.05) is 46.3 Å². The van der Waals surface area contributed by atoms with E-state index in [1.54, 1.807) is 11.0 Å². The quantitative estimate of drug-likeness (QED) is 0.277. The minimum Gasteiger partial charge on any atom is -0.481 e. The van der Waals surface area contributed by atoms with Crippen molar-refractivity contribution in [3.8, 4) is 6.07 Å². The van der Waals surface area contributed by atoms with Gasteiger partial charge in [-0.15, -0.1) is 0 Å². The van der Waals surface area contributed by atoms with Gasteiger partial charge in [-0.1, -0.05) is 53.5 Å². The molecule has 12 heteroatoms. The van der Waals surface area contributed by atoms with Crippen LogP contribution < -0.4 is 0 Å². The number of nitriles is 1. The van der Waals surface area contributed by atoms with Crippen molar-refractivity contribution < 1.29 is 29.7 Å². The lowest BCUT2D eigenvalue weighted by atomic mass is 9.93. The number of aliphatic carboxylic acids is 2. The highest BCUT2D eigenvalue weighted by molar-refractivity contribution is 6.42. The number of aliphatic hydroxyl groups is 1. The number of carbonyl (C=O) groups excluding carboxylic acids is 1. The number of hydrogen-bond acceptors (Lipinski definition) is 7. The summed E-state index contributed by atoms with van der Waals surface area (Å²) in [5.74, 6) is -1.70. The number of carboxylic acids is 2. The fourth-order valence-corrected chi connectivity index (χ4v) is 6.15. The van der Waals surface area contributed by atoms with Crippen molar-refractivity contribution in [1.82, 2.24) is 14.7 Å². The van der Waals surface area contributed by atoms with Gasteiger partial charge in [-0.05, 0) is 66.4 Å². The third-order valence-corrected chi connectivity index (χ3v) is 8.96. The number of nitrogens with zero attached hydrogens (tertiary/aromatic N) is 4. The molecule has 1 amide bonds. The zero-order chi connectivity index (χ0) is 34.7. The number of benzene rings is 3. The van der Waals surface area contributed by atoms with Gasteiger partial charge < -0.3 is 25.1 Å². The van der Waals surface area contributed by atoms with Crippen LogP contribution in [0.2, 0.25) is 10.0 Å². The number of fused-ring (bicyclic) bond motifs is 1. The van der Waals surface area contributed by atoms with E-state index in [0.29, 0.717) is 33.8 Å². The summed E-state index contributed by atoms with van der Waals surface area (Å²) in [4.78, 5) is 38.4. The minimum atomic E-state index is -0.833. The largest absolute Gasteiger partial charge is 0.481 e. The second-order valence-electron chi connectivity index (χ2n) is 11.9. The summed E-state index contributed by atoms with van der Waals surface area (Å²) in [5, 5.41) is 36.9. The lowest BCUT2D eigenvalue weighted by molar-refractivity contribution is -0.135. The van der Waals surface area contributed by atoms with E-state index < -0.39 is 11.9 Å². The van der Waals surface area contributed by atoms with Crippen molar-refractivity contribution in [3.63, 3.8) is 0 Å². The number of carboxylic acid groups (broad SMARTS) is 2. The summed E-state index contributed by atoms with van der Waals surface area (Å²) in [6.07, 6.45) is 2.45. The second kappa shape index (κ2) is 18.0. The number of likely N-dealkylation sites (tertiary alicyclic amines) is 2. The van der Waals surface area contributed by atoms with E-state index in [0.717, 1.165) is 82.2 Å². The number of carbonyl (C=O) groups is 3. The maximum Gasteiger partial charge on any atom is 0.300 e. The molecule has 5 rings (SSSR count). The molecule has 0 aromatic heterocycles. The molecule has 3 aromatic rings. The van der Waals surface area contributed by atoms with Crippen molar-refractivity contribution in [2.24, 2.45) is 0 Å². The predicted octanol–water partition coefficient (Wildman–Crippen LogP) is 5.59. The maximum absolute atomic E-state index is 13.7. The van der Waals surface area contributed by atoms with Gasteiger partial charge >= 0.3 is 0 Å². The number of rotatable bonds is 8. The van der Waals surface area contributed by atoms with E-state index in [2.05, 4.69) is 15.9 Å². The number of hydrogen-bond donors (Lipinski definition) is 3. The first-order valence-electron chi connectivity index (χ1n) is 15.5. The molecule has 0 saturated carbocycles. The van der Waals surface area contributed by atoms with Crippen LogP contribution in [0.3, 0.4) is 0 Å². The Bertz CT molecular complexity index is 1560. The van der Waals surface area contributed by atoms with E-state index in [1.165, 1.54) is 0 Å². The average molecular weight is 686 g/mol. The summed E-state index contributed by atoms with van der Waals surface area (Å²) in [6.45, 7) is 7.62. The van der Waals surface area contributed by atoms with E-state index in [4.69, 9.17) is 43.0 Å². The predicted molar refractivity (Wildman–Crippen MR) is 183 cm³/mol. The highest BCUT2D eigenvalue weighted by Crippen LogP contribution is 2.31. The van der Waals surface area contributed by atoms with Crippen LogP contribution in [0.4, 0.5) is 0 Å². The third kappa shape index (κ3) is 11.5. The highest BCUT2D eigenvalue weighted by atomic mass is 35.5. The Morgan fingerprint density at radius 2 is 1.60 bits per heavy atom. The first kappa shape index (κ1) is 37.7. The smallest absolute Gasteiger partial charge is 0.300 e. The molecule has 2 aliphatic heterocycles. The lowest BCUT2D eigenvalue weighted by Crippen LogP contribution is -2.61. The standard InChI is InChI=1S/C31H34Cl2N4O2.2C2H4O2/c1-35(31(39)28-15-21(17-34)14-23-4-2-3-5-27(23)28)18-24(22-6-7-29(32)30(33)16-22)8-11-36-19-25(20-36)37-12-9-26(38)10-13-37;2*1-2(3)4/h2-7,14-16,24-26,38H,8-13,18-20H2,1H3;2*1H3,(H,3,4)/t24-;;/m1../s1. The Hall–Kier alpha value is -3.72. The molecular formula is C35H42Cl2N4O6. The van der Waals surface area contributed by atoms with Crippen LogP contribution in [-0.2, 0) is 9.59 Å². The molecule has 2 aliphatic rings. The molecule has 0 spiro atoms. The molecule has 0 radical (unpaired) electrons. The Balaban J connectivity index is 0.000000676. The molecule has 10 nitrogen and oxygen atoms in total. The molecule has 252 valence electrons. The maximum atomic E-state index is 13.7. The van der Waals surface area contributed by atoms with Crippen molar-refractivity contribution in [3.05, 3.63) is 81.3 Å². The number of halogens is 2. The molecule has 0 bridgehead atoms. The molecule has 2 fully saturated rings. The summed E-state index contributed by atoms with van der Waals surface area (Å²) in [7, 11) is 1.82. The van der Waals surface area contributed by atoms with Crippen LogP contribution in [-0.4, -0.2) is 106 Å². The summed E-state index contributed by atoms with van der Waals surface area (Å²) in [5.41, 5.74) is 2.07. The molecule has 0 aliphatic carbocycles. The lowest BCUT2D eigenvalue weighted by Gasteiger charge is -2.47. The van der Waals surface area contributed by atoms with Crippen LogP contribution in [0.1, 0.15) is 60.5 Å². The third-order valence-electron chi connectivity index (χ3n) is 8.22. The minimum absolute atomic E-state index is 0.0725. The zero-order valence-corrected chi connectivity index (χ0v) is 28.4.